The quantitative estimate of drug-likeness (QED) is 0.817. The van der Waals surface area contributed by atoms with Crippen LogP contribution in [0.25, 0.3) is 6.20 Å². The van der Waals surface area contributed by atoms with E-state index in [-0.39, 0.29) is 0 Å². The van der Waals surface area contributed by atoms with Gasteiger partial charge in [-0.2, -0.15) is 0 Å². The van der Waals surface area contributed by atoms with Crippen molar-refractivity contribution in [1.29, 1.82) is 0 Å². The van der Waals surface area contributed by atoms with Crippen LogP contribution in [0.1, 0.15) is 35.7 Å². The Kier molecular flexibility index (Phi) is 2.78. The number of benzene rings is 1. The Balaban J connectivity index is 1.66. The summed E-state index contributed by atoms with van der Waals surface area (Å²) in [4.78, 5) is 2.70. The van der Waals surface area contributed by atoms with Gasteiger partial charge in [-0.1, -0.05) is 36.9 Å². The van der Waals surface area contributed by atoms with E-state index in [9.17, 15) is 0 Å². The second-order valence-corrected chi connectivity index (χ2v) is 5.92. The van der Waals surface area contributed by atoms with Gasteiger partial charge in [-0.05, 0) is 30.0 Å². The van der Waals surface area contributed by atoms with Crippen LogP contribution < -0.4 is 0 Å². The first-order valence-corrected chi connectivity index (χ1v) is 7.48. The summed E-state index contributed by atoms with van der Waals surface area (Å²) in [6.07, 6.45) is 7.89. The number of fused-ring (bicyclic) bond motifs is 4. The van der Waals surface area contributed by atoms with Crippen LogP contribution in [0.15, 0.2) is 49.2 Å². The zero-order valence-electron chi connectivity index (χ0n) is 11.7. The van der Waals surface area contributed by atoms with Gasteiger partial charge in [0.1, 0.15) is 0 Å². The maximum Gasteiger partial charge on any atom is 0.0373 e. The molecule has 1 fully saturated rings. The average molecular weight is 264 g/mol. The SMILES string of the molecule is C=Cn1ccc2c1C[C@@H]1CC[C@@H]2N1Cc1ccccc1. The molecule has 0 spiro atoms. The minimum Gasteiger partial charge on any atom is -0.328 e. The summed E-state index contributed by atoms with van der Waals surface area (Å²) in [5.74, 6) is 0. The lowest BCUT2D eigenvalue weighted by Gasteiger charge is -2.35. The molecule has 0 amide bonds. The Bertz CT molecular complexity index is 626. The van der Waals surface area contributed by atoms with E-state index >= 15 is 0 Å². The topological polar surface area (TPSA) is 8.17 Å². The number of hydrogen-bond acceptors (Lipinski definition) is 1. The van der Waals surface area contributed by atoms with Crippen molar-refractivity contribution in [1.82, 2.24) is 9.47 Å². The zero-order chi connectivity index (χ0) is 13.5. The molecule has 1 saturated heterocycles. The first-order chi connectivity index (χ1) is 9.86. The van der Waals surface area contributed by atoms with Crippen LogP contribution in [0.4, 0.5) is 0 Å². The van der Waals surface area contributed by atoms with Gasteiger partial charge in [-0.25, -0.2) is 0 Å². The van der Waals surface area contributed by atoms with Crippen LogP contribution in [0.3, 0.4) is 0 Å². The lowest BCUT2D eigenvalue weighted by molar-refractivity contribution is 0.167. The lowest BCUT2D eigenvalue weighted by atomic mass is 9.99. The summed E-state index contributed by atoms with van der Waals surface area (Å²) in [6, 6.07) is 14.4. The van der Waals surface area contributed by atoms with Crippen molar-refractivity contribution in [2.45, 2.75) is 37.9 Å². The largest absolute Gasteiger partial charge is 0.328 e. The van der Waals surface area contributed by atoms with E-state index in [0.717, 1.165) is 13.0 Å². The monoisotopic (exact) mass is 264 g/mol. The molecule has 0 aliphatic carbocycles. The van der Waals surface area contributed by atoms with E-state index < -0.39 is 0 Å². The van der Waals surface area contributed by atoms with Crippen molar-refractivity contribution in [3.63, 3.8) is 0 Å². The van der Waals surface area contributed by atoms with Crippen molar-refractivity contribution in [2.75, 3.05) is 0 Å². The molecule has 3 heterocycles. The number of hydrogen-bond donors (Lipinski definition) is 0. The first-order valence-electron chi connectivity index (χ1n) is 7.48. The van der Waals surface area contributed by atoms with Crippen molar-refractivity contribution >= 4 is 6.20 Å². The van der Waals surface area contributed by atoms with Crippen LogP contribution in [0.2, 0.25) is 0 Å². The Labute approximate surface area is 120 Å². The van der Waals surface area contributed by atoms with E-state index in [4.69, 9.17) is 0 Å². The molecular weight excluding hydrogens is 244 g/mol. The average Bonchev–Trinajstić information content (AvgIpc) is 3.01. The zero-order valence-corrected chi connectivity index (χ0v) is 11.7. The molecule has 2 nitrogen and oxygen atoms in total. The highest BCUT2D eigenvalue weighted by Crippen LogP contribution is 2.44. The molecule has 4 rings (SSSR count). The fraction of sp³-hybridized carbons (Fsp3) is 0.333. The molecule has 2 aliphatic rings. The Hall–Kier alpha value is -1.80. The fourth-order valence-corrected chi connectivity index (χ4v) is 3.94. The maximum absolute atomic E-state index is 3.92. The van der Waals surface area contributed by atoms with Crippen LogP contribution in [-0.4, -0.2) is 15.5 Å². The third kappa shape index (κ3) is 1.75. The summed E-state index contributed by atoms with van der Waals surface area (Å²) in [5, 5.41) is 0. The first kappa shape index (κ1) is 12.0. The van der Waals surface area contributed by atoms with E-state index in [0.29, 0.717) is 12.1 Å². The molecule has 0 saturated carbocycles. The number of rotatable bonds is 3. The highest BCUT2D eigenvalue weighted by molar-refractivity contribution is 5.38. The van der Waals surface area contributed by atoms with Gasteiger partial charge in [0.05, 0.1) is 0 Å². The number of nitrogens with zero attached hydrogens (tertiary/aromatic N) is 2. The molecule has 102 valence electrons. The lowest BCUT2D eigenvalue weighted by Crippen LogP contribution is -2.37. The Morgan fingerprint density at radius 3 is 2.80 bits per heavy atom. The summed E-state index contributed by atoms with van der Waals surface area (Å²) < 4.78 is 2.21. The maximum atomic E-state index is 3.92. The molecule has 1 aromatic heterocycles. The van der Waals surface area contributed by atoms with E-state index in [1.54, 1.807) is 0 Å². The fourth-order valence-electron chi connectivity index (χ4n) is 3.94. The molecule has 0 radical (unpaired) electrons. The van der Waals surface area contributed by atoms with E-state index in [1.807, 2.05) is 6.20 Å². The second kappa shape index (κ2) is 4.64. The van der Waals surface area contributed by atoms with E-state index in [2.05, 4.69) is 58.6 Å². The van der Waals surface area contributed by atoms with Crippen LogP contribution in [0.5, 0.6) is 0 Å². The molecule has 0 unspecified atom stereocenters. The van der Waals surface area contributed by atoms with Gasteiger partial charge in [-0.15, -0.1) is 0 Å². The van der Waals surface area contributed by atoms with Gasteiger partial charge < -0.3 is 4.57 Å². The molecule has 2 heteroatoms. The second-order valence-electron chi connectivity index (χ2n) is 5.92. The van der Waals surface area contributed by atoms with Gasteiger partial charge >= 0.3 is 0 Å². The molecular formula is C18H20N2. The molecule has 2 aliphatic heterocycles. The molecule has 20 heavy (non-hydrogen) atoms. The summed E-state index contributed by atoms with van der Waals surface area (Å²) >= 11 is 0. The molecule has 2 aromatic rings. The van der Waals surface area contributed by atoms with Crippen LogP contribution >= 0.6 is 0 Å². The normalized spacial score (nSPS) is 24.6. The van der Waals surface area contributed by atoms with Gasteiger partial charge in [0.2, 0.25) is 0 Å². The minimum atomic E-state index is 0.602. The smallest absolute Gasteiger partial charge is 0.0373 e. The Morgan fingerprint density at radius 2 is 2.00 bits per heavy atom. The number of aromatic nitrogens is 1. The summed E-state index contributed by atoms with van der Waals surface area (Å²) in [7, 11) is 0. The van der Waals surface area contributed by atoms with Crippen molar-refractivity contribution in [3.8, 4) is 0 Å². The van der Waals surface area contributed by atoms with Gasteiger partial charge in [0.15, 0.2) is 0 Å². The molecule has 2 bridgehead atoms. The van der Waals surface area contributed by atoms with E-state index in [1.165, 1.54) is 29.7 Å². The molecule has 0 N–H and O–H groups in total. The predicted octanol–water partition coefficient (Wildman–Crippen LogP) is 3.85. The van der Waals surface area contributed by atoms with Crippen molar-refractivity contribution < 1.29 is 0 Å². The van der Waals surface area contributed by atoms with Crippen LogP contribution in [0, 0.1) is 0 Å². The van der Waals surface area contributed by atoms with Crippen molar-refractivity contribution in [3.05, 3.63) is 66.0 Å². The van der Waals surface area contributed by atoms with Gasteiger partial charge in [0.25, 0.3) is 0 Å². The highest BCUT2D eigenvalue weighted by Gasteiger charge is 2.40. The Morgan fingerprint density at radius 1 is 1.15 bits per heavy atom. The predicted molar refractivity (Wildman–Crippen MR) is 82.3 cm³/mol. The van der Waals surface area contributed by atoms with Crippen LogP contribution in [-0.2, 0) is 13.0 Å². The highest BCUT2D eigenvalue weighted by atomic mass is 15.2. The third-order valence-electron chi connectivity index (χ3n) is 4.89. The standard InChI is InChI=1S/C18H20N2/c1-2-19-11-10-16-17-9-8-15(12-18(16)19)20(17)13-14-6-4-3-5-7-14/h2-7,10-11,15,17H,1,8-9,12-13H2/t15-,17-/m0/s1. The minimum absolute atomic E-state index is 0.602. The van der Waals surface area contributed by atoms with Crippen molar-refractivity contribution in [2.24, 2.45) is 0 Å². The molecule has 2 atom stereocenters. The molecule has 1 aromatic carbocycles. The summed E-state index contributed by atoms with van der Waals surface area (Å²) in [6.45, 7) is 5.00. The third-order valence-corrected chi connectivity index (χ3v) is 4.89. The summed E-state index contributed by atoms with van der Waals surface area (Å²) in [5.41, 5.74) is 4.43. The van der Waals surface area contributed by atoms with Gasteiger partial charge in [-0.3, -0.25) is 4.90 Å². The van der Waals surface area contributed by atoms with Gasteiger partial charge in [0, 0.05) is 43.1 Å².